The molecule has 2 aromatic rings. The second kappa shape index (κ2) is 5.85. The molecule has 0 fully saturated rings. The predicted octanol–water partition coefficient (Wildman–Crippen LogP) is 5.53. The second-order valence-corrected chi connectivity index (χ2v) is 5.48. The van der Waals surface area contributed by atoms with Crippen LogP contribution >= 0.6 is 27.5 Å². The van der Waals surface area contributed by atoms with Crippen molar-refractivity contribution >= 4 is 27.5 Å². The van der Waals surface area contributed by atoms with Gasteiger partial charge in [-0.2, -0.15) is 0 Å². The normalized spacial score (nSPS) is 12.4. The molecule has 0 aliphatic carbocycles. The zero-order chi connectivity index (χ0) is 13.1. The van der Waals surface area contributed by atoms with E-state index in [1.165, 1.54) is 11.6 Å². The van der Waals surface area contributed by atoms with Crippen molar-refractivity contribution < 1.29 is 4.39 Å². The van der Waals surface area contributed by atoms with E-state index in [4.69, 9.17) is 11.6 Å². The zero-order valence-electron chi connectivity index (χ0n) is 9.96. The number of aryl methyl sites for hydroxylation is 1. The molecule has 0 nitrogen and oxygen atoms in total. The molecule has 2 rings (SSSR count). The van der Waals surface area contributed by atoms with Crippen LogP contribution in [0.2, 0.25) is 5.02 Å². The molecule has 18 heavy (non-hydrogen) atoms. The number of halogens is 3. The van der Waals surface area contributed by atoms with Gasteiger partial charge >= 0.3 is 0 Å². The van der Waals surface area contributed by atoms with Gasteiger partial charge in [-0.05, 0) is 29.7 Å². The van der Waals surface area contributed by atoms with Gasteiger partial charge in [0.1, 0.15) is 5.82 Å². The first-order chi connectivity index (χ1) is 8.61. The van der Waals surface area contributed by atoms with Gasteiger partial charge < -0.3 is 0 Å². The molecule has 0 aliphatic heterocycles. The van der Waals surface area contributed by atoms with Gasteiger partial charge in [-0.1, -0.05) is 64.8 Å². The van der Waals surface area contributed by atoms with Gasteiger partial charge in [-0.3, -0.25) is 0 Å². The van der Waals surface area contributed by atoms with Crippen LogP contribution in [0.5, 0.6) is 0 Å². The standard InChI is InChI=1S/C15H13BrClF/c1-2-10-3-5-11(6-4-10)15(16)13-8-7-12(17)9-14(13)18/h3-9,15H,2H2,1H3. The summed E-state index contributed by atoms with van der Waals surface area (Å²) >= 11 is 9.28. The molecule has 3 heteroatoms. The third kappa shape index (κ3) is 2.93. The summed E-state index contributed by atoms with van der Waals surface area (Å²) in [6, 6.07) is 12.9. The van der Waals surface area contributed by atoms with E-state index in [1.807, 2.05) is 12.1 Å². The highest BCUT2D eigenvalue weighted by Gasteiger charge is 2.14. The van der Waals surface area contributed by atoms with E-state index in [9.17, 15) is 4.39 Å². The lowest BCUT2D eigenvalue weighted by molar-refractivity contribution is 0.613. The first kappa shape index (κ1) is 13.6. The first-order valence-electron chi connectivity index (χ1n) is 5.79. The van der Waals surface area contributed by atoms with Crippen LogP contribution < -0.4 is 0 Å². The van der Waals surface area contributed by atoms with Crippen molar-refractivity contribution in [1.82, 2.24) is 0 Å². The molecule has 0 bridgehead atoms. The van der Waals surface area contributed by atoms with Gasteiger partial charge in [-0.25, -0.2) is 4.39 Å². The summed E-state index contributed by atoms with van der Waals surface area (Å²) in [6.45, 7) is 2.11. The molecule has 0 N–H and O–H groups in total. The van der Waals surface area contributed by atoms with E-state index >= 15 is 0 Å². The Hall–Kier alpha value is -0.860. The molecular weight excluding hydrogens is 315 g/mol. The Bertz CT molecular complexity index is 537. The van der Waals surface area contributed by atoms with Crippen molar-refractivity contribution in [3.63, 3.8) is 0 Å². The third-order valence-corrected chi connectivity index (χ3v) is 4.17. The molecule has 0 radical (unpaired) electrons. The van der Waals surface area contributed by atoms with Gasteiger partial charge in [0.15, 0.2) is 0 Å². The maximum absolute atomic E-state index is 13.8. The number of alkyl halides is 1. The minimum Gasteiger partial charge on any atom is -0.207 e. The van der Waals surface area contributed by atoms with Crippen LogP contribution in [0.4, 0.5) is 4.39 Å². The molecule has 0 saturated carbocycles. The monoisotopic (exact) mass is 326 g/mol. The topological polar surface area (TPSA) is 0 Å². The smallest absolute Gasteiger partial charge is 0.129 e. The van der Waals surface area contributed by atoms with Crippen LogP contribution in [0.25, 0.3) is 0 Å². The van der Waals surface area contributed by atoms with Gasteiger partial charge in [0.2, 0.25) is 0 Å². The zero-order valence-corrected chi connectivity index (χ0v) is 12.3. The van der Waals surface area contributed by atoms with Crippen molar-refractivity contribution in [2.24, 2.45) is 0 Å². The maximum Gasteiger partial charge on any atom is 0.129 e. The average Bonchev–Trinajstić information content (AvgIpc) is 2.38. The molecule has 0 aliphatic rings. The van der Waals surface area contributed by atoms with Crippen LogP contribution in [0, 0.1) is 5.82 Å². The number of hydrogen-bond donors (Lipinski definition) is 0. The lowest BCUT2D eigenvalue weighted by Crippen LogP contribution is -1.96. The summed E-state index contributed by atoms with van der Waals surface area (Å²) in [4.78, 5) is -0.152. The van der Waals surface area contributed by atoms with E-state index in [0.717, 1.165) is 12.0 Å². The maximum atomic E-state index is 13.8. The predicted molar refractivity (Wildman–Crippen MR) is 78.0 cm³/mol. The Morgan fingerprint density at radius 2 is 1.83 bits per heavy atom. The molecule has 0 amide bonds. The summed E-state index contributed by atoms with van der Waals surface area (Å²) in [5.74, 6) is -0.288. The van der Waals surface area contributed by atoms with E-state index in [0.29, 0.717) is 10.6 Å². The second-order valence-electron chi connectivity index (χ2n) is 4.12. The highest BCUT2D eigenvalue weighted by Crippen LogP contribution is 2.33. The first-order valence-corrected chi connectivity index (χ1v) is 7.09. The summed E-state index contributed by atoms with van der Waals surface area (Å²) in [7, 11) is 0. The largest absolute Gasteiger partial charge is 0.207 e. The Balaban J connectivity index is 2.31. The van der Waals surface area contributed by atoms with Crippen molar-refractivity contribution in [2.45, 2.75) is 18.2 Å². The molecular formula is C15H13BrClF. The Labute approximate surface area is 120 Å². The molecule has 0 aromatic heterocycles. The lowest BCUT2D eigenvalue weighted by Gasteiger charge is -2.12. The van der Waals surface area contributed by atoms with Crippen LogP contribution in [-0.4, -0.2) is 0 Å². The molecule has 94 valence electrons. The van der Waals surface area contributed by atoms with Crippen molar-refractivity contribution in [1.29, 1.82) is 0 Å². The average molecular weight is 328 g/mol. The Morgan fingerprint density at radius 1 is 1.17 bits per heavy atom. The summed E-state index contributed by atoms with van der Waals surface area (Å²) in [5.41, 5.74) is 2.91. The highest BCUT2D eigenvalue weighted by atomic mass is 79.9. The molecule has 0 spiro atoms. The van der Waals surface area contributed by atoms with Crippen LogP contribution in [0.3, 0.4) is 0 Å². The minimum absolute atomic E-state index is 0.152. The molecule has 1 unspecified atom stereocenters. The quantitative estimate of drug-likeness (QED) is 0.651. The molecule has 2 aromatic carbocycles. The van der Waals surface area contributed by atoms with E-state index in [2.05, 4.69) is 35.0 Å². The molecule has 0 saturated heterocycles. The van der Waals surface area contributed by atoms with E-state index in [1.54, 1.807) is 12.1 Å². The highest BCUT2D eigenvalue weighted by molar-refractivity contribution is 9.09. The summed E-state index contributed by atoms with van der Waals surface area (Å²) in [6.07, 6.45) is 1.00. The molecule has 1 atom stereocenters. The fourth-order valence-corrected chi connectivity index (χ4v) is 2.64. The van der Waals surface area contributed by atoms with Crippen molar-refractivity contribution in [3.8, 4) is 0 Å². The SMILES string of the molecule is CCc1ccc(C(Br)c2ccc(Cl)cc2F)cc1. The number of hydrogen-bond acceptors (Lipinski definition) is 0. The van der Waals surface area contributed by atoms with E-state index < -0.39 is 0 Å². The van der Waals surface area contributed by atoms with Gasteiger partial charge in [0.25, 0.3) is 0 Å². The van der Waals surface area contributed by atoms with Crippen LogP contribution in [0.1, 0.15) is 28.4 Å². The number of rotatable bonds is 3. The van der Waals surface area contributed by atoms with Gasteiger partial charge in [0.05, 0.1) is 4.83 Å². The van der Waals surface area contributed by atoms with Gasteiger partial charge in [-0.15, -0.1) is 0 Å². The van der Waals surface area contributed by atoms with E-state index in [-0.39, 0.29) is 10.6 Å². The Morgan fingerprint density at radius 3 is 2.39 bits per heavy atom. The van der Waals surface area contributed by atoms with Crippen LogP contribution in [-0.2, 0) is 6.42 Å². The van der Waals surface area contributed by atoms with Gasteiger partial charge in [0, 0.05) is 10.6 Å². The third-order valence-electron chi connectivity index (χ3n) is 2.92. The minimum atomic E-state index is -0.288. The van der Waals surface area contributed by atoms with Crippen LogP contribution in [0.15, 0.2) is 42.5 Å². The van der Waals surface area contributed by atoms with Crippen molar-refractivity contribution in [2.75, 3.05) is 0 Å². The van der Waals surface area contributed by atoms with Crippen molar-refractivity contribution in [3.05, 3.63) is 70.0 Å². The fourth-order valence-electron chi connectivity index (χ4n) is 1.81. The molecule has 0 heterocycles. The Kier molecular flexibility index (Phi) is 4.41. The summed E-state index contributed by atoms with van der Waals surface area (Å²) in [5, 5.41) is 0.414. The lowest BCUT2D eigenvalue weighted by atomic mass is 10.0. The fraction of sp³-hybridized carbons (Fsp3) is 0.200. The summed E-state index contributed by atoms with van der Waals surface area (Å²) < 4.78 is 13.8. The number of benzene rings is 2.